The van der Waals surface area contributed by atoms with Crippen molar-refractivity contribution in [2.24, 2.45) is 0 Å². The van der Waals surface area contributed by atoms with Gasteiger partial charge in [0.25, 0.3) is 0 Å². The van der Waals surface area contributed by atoms with Crippen molar-refractivity contribution in [1.82, 2.24) is 29.0 Å². The lowest BCUT2D eigenvalue weighted by Crippen LogP contribution is -2.15. The van der Waals surface area contributed by atoms with Crippen LogP contribution in [0.25, 0.3) is 28.1 Å². The number of fused-ring (bicyclic) bond motifs is 3. The van der Waals surface area contributed by atoms with E-state index < -0.39 is 0 Å². The molecule has 6 nitrogen and oxygen atoms in total. The zero-order chi connectivity index (χ0) is 19.1. The van der Waals surface area contributed by atoms with Gasteiger partial charge < -0.3 is 9.47 Å². The summed E-state index contributed by atoms with van der Waals surface area (Å²) in [5.74, 6) is 0.301. The van der Waals surface area contributed by atoms with E-state index in [0.717, 1.165) is 41.8 Å². The van der Waals surface area contributed by atoms with Crippen molar-refractivity contribution in [3.63, 3.8) is 0 Å². The molecular formula is C20H23FN6. The molecule has 0 unspecified atom stereocenters. The fourth-order valence-corrected chi connectivity index (χ4v) is 3.47. The fraction of sp³-hybridized carbons (Fsp3) is 0.350. The number of nitrogens with zero attached hydrogens (tertiary/aromatic N) is 6. The molecule has 0 aliphatic rings. The van der Waals surface area contributed by atoms with Gasteiger partial charge in [0.1, 0.15) is 17.8 Å². The van der Waals surface area contributed by atoms with Crippen LogP contribution < -0.4 is 0 Å². The van der Waals surface area contributed by atoms with Crippen molar-refractivity contribution in [1.29, 1.82) is 0 Å². The van der Waals surface area contributed by atoms with Crippen LogP contribution in [0.3, 0.4) is 0 Å². The Labute approximate surface area is 157 Å². The smallest absolute Gasteiger partial charge is 0.182 e. The second kappa shape index (κ2) is 6.74. The van der Waals surface area contributed by atoms with E-state index >= 15 is 0 Å². The molecule has 4 rings (SSSR count). The normalized spacial score (nSPS) is 11.9. The Bertz CT molecular complexity index is 1110. The van der Waals surface area contributed by atoms with Gasteiger partial charge in [-0.05, 0) is 70.7 Å². The van der Waals surface area contributed by atoms with Crippen LogP contribution in [0.5, 0.6) is 0 Å². The van der Waals surface area contributed by atoms with Crippen molar-refractivity contribution in [3.05, 3.63) is 47.7 Å². The Hall–Kier alpha value is -2.80. The van der Waals surface area contributed by atoms with Gasteiger partial charge in [-0.3, -0.25) is 0 Å². The molecule has 0 atom stereocenters. The molecule has 0 saturated carbocycles. The maximum Gasteiger partial charge on any atom is 0.182 e. The van der Waals surface area contributed by atoms with Gasteiger partial charge in [0.2, 0.25) is 0 Å². The summed E-state index contributed by atoms with van der Waals surface area (Å²) in [5, 5.41) is 5.56. The van der Waals surface area contributed by atoms with Gasteiger partial charge in [0.15, 0.2) is 11.5 Å². The number of halogens is 1. The van der Waals surface area contributed by atoms with Crippen molar-refractivity contribution in [2.45, 2.75) is 26.8 Å². The first-order valence-corrected chi connectivity index (χ1v) is 9.07. The quantitative estimate of drug-likeness (QED) is 0.543. The van der Waals surface area contributed by atoms with Crippen LogP contribution in [0.2, 0.25) is 0 Å². The highest BCUT2D eigenvalue weighted by molar-refractivity contribution is 5.94. The van der Waals surface area contributed by atoms with Crippen molar-refractivity contribution in [3.8, 4) is 11.4 Å². The van der Waals surface area contributed by atoms with Crippen molar-refractivity contribution in [2.75, 3.05) is 20.6 Å². The number of aromatic nitrogens is 5. The monoisotopic (exact) mass is 366 g/mol. The molecule has 3 heterocycles. The Morgan fingerprint density at radius 3 is 2.52 bits per heavy atom. The van der Waals surface area contributed by atoms with E-state index in [2.05, 4.69) is 47.5 Å². The third kappa shape index (κ3) is 3.08. The maximum atomic E-state index is 13.2. The van der Waals surface area contributed by atoms with Crippen LogP contribution in [-0.4, -0.2) is 49.7 Å². The van der Waals surface area contributed by atoms with E-state index in [1.54, 1.807) is 23.0 Å². The third-order valence-corrected chi connectivity index (χ3v) is 5.04. The molecule has 4 aromatic rings. The first-order valence-electron chi connectivity index (χ1n) is 9.07. The van der Waals surface area contributed by atoms with Gasteiger partial charge in [0, 0.05) is 17.8 Å². The summed E-state index contributed by atoms with van der Waals surface area (Å²) in [6.45, 7) is 6.17. The van der Waals surface area contributed by atoms with Crippen LogP contribution in [0.4, 0.5) is 4.39 Å². The Morgan fingerprint density at radius 2 is 1.81 bits per heavy atom. The summed E-state index contributed by atoms with van der Waals surface area (Å²) in [5.41, 5.74) is 4.88. The second-order valence-electron chi connectivity index (χ2n) is 7.17. The number of aryl methyl sites for hydroxylation is 2. The summed E-state index contributed by atoms with van der Waals surface area (Å²) >= 11 is 0. The van der Waals surface area contributed by atoms with Gasteiger partial charge in [0.05, 0.1) is 5.39 Å². The zero-order valence-corrected chi connectivity index (χ0v) is 16.1. The number of rotatable bonds is 5. The van der Waals surface area contributed by atoms with Gasteiger partial charge in [-0.15, -0.1) is 5.10 Å². The van der Waals surface area contributed by atoms with E-state index in [1.165, 1.54) is 23.4 Å². The Kier molecular flexibility index (Phi) is 4.39. The average Bonchev–Trinajstić information content (AvgIpc) is 3.17. The predicted octanol–water partition coefficient (Wildman–Crippen LogP) is 3.45. The molecule has 0 radical (unpaired) electrons. The predicted molar refractivity (Wildman–Crippen MR) is 104 cm³/mol. The molecule has 0 aliphatic carbocycles. The number of hydrogen-bond acceptors (Lipinski definition) is 4. The molecule has 0 N–H and O–H groups in total. The Morgan fingerprint density at radius 1 is 1.07 bits per heavy atom. The lowest BCUT2D eigenvalue weighted by molar-refractivity contribution is 0.387. The molecule has 0 amide bonds. The van der Waals surface area contributed by atoms with Crippen LogP contribution in [0.1, 0.15) is 17.7 Å². The van der Waals surface area contributed by atoms with Gasteiger partial charge in [-0.1, -0.05) is 0 Å². The molecule has 140 valence electrons. The first kappa shape index (κ1) is 17.6. The second-order valence-corrected chi connectivity index (χ2v) is 7.17. The minimum atomic E-state index is -0.271. The molecule has 0 bridgehead atoms. The van der Waals surface area contributed by atoms with E-state index in [1.807, 2.05) is 0 Å². The number of benzene rings is 1. The van der Waals surface area contributed by atoms with Crippen LogP contribution in [0, 0.1) is 19.7 Å². The highest BCUT2D eigenvalue weighted by atomic mass is 19.1. The molecule has 1 aromatic carbocycles. The summed E-state index contributed by atoms with van der Waals surface area (Å²) in [6.07, 6.45) is 2.76. The SMILES string of the molecule is Cc1c(C)n(CCCN(C)C)c2ncn3nc(-c4ccc(F)cc4)nc3c12. The molecular weight excluding hydrogens is 343 g/mol. The van der Waals surface area contributed by atoms with Gasteiger partial charge >= 0.3 is 0 Å². The average molecular weight is 366 g/mol. The highest BCUT2D eigenvalue weighted by Crippen LogP contribution is 2.28. The zero-order valence-electron chi connectivity index (χ0n) is 16.1. The largest absolute Gasteiger partial charge is 0.329 e. The molecule has 0 spiro atoms. The van der Waals surface area contributed by atoms with E-state index in [4.69, 9.17) is 4.98 Å². The van der Waals surface area contributed by atoms with Crippen molar-refractivity contribution < 1.29 is 4.39 Å². The van der Waals surface area contributed by atoms with E-state index in [0.29, 0.717) is 5.82 Å². The summed E-state index contributed by atoms with van der Waals surface area (Å²) < 4.78 is 17.2. The van der Waals surface area contributed by atoms with Crippen molar-refractivity contribution >= 4 is 16.7 Å². The number of hydrogen-bond donors (Lipinski definition) is 0. The van der Waals surface area contributed by atoms with Gasteiger partial charge in [-0.25, -0.2) is 18.9 Å². The summed E-state index contributed by atoms with van der Waals surface area (Å²) in [4.78, 5) is 11.6. The first-order chi connectivity index (χ1) is 13.0. The third-order valence-electron chi connectivity index (χ3n) is 5.04. The molecule has 27 heavy (non-hydrogen) atoms. The van der Waals surface area contributed by atoms with E-state index in [-0.39, 0.29) is 5.82 Å². The summed E-state index contributed by atoms with van der Waals surface area (Å²) in [7, 11) is 4.17. The summed E-state index contributed by atoms with van der Waals surface area (Å²) in [6, 6.07) is 6.23. The van der Waals surface area contributed by atoms with Gasteiger partial charge in [-0.2, -0.15) is 0 Å². The van der Waals surface area contributed by atoms with Crippen LogP contribution in [0.15, 0.2) is 30.6 Å². The molecule has 7 heteroatoms. The molecule has 0 aliphatic heterocycles. The molecule has 3 aromatic heterocycles. The van der Waals surface area contributed by atoms with E-state index in [9.17, 15) is 4.39 Å². The molecule has 0 saturated heterocycles. The topological polar surface area (TPSA) is 51.2 Å². The lowest BCUT2D eigenvalue weighted by atomic mass is 10.2. The van der Waals surface area contributed by atoms with Crippen LogP contribution in [-0.2, 0) is 6.54 Å². The standard InChI is InChI=1S/C20H23FN6/c1-13-14(2)26(11-5-10-25(3)4)19-17(13)20-23-18(24-27(20)12-22-19)15-6-8-16(21)9-7-15/h6-9,12H,5,10-11H2,1-4H3. The maximum absolute atomic E-state index is 13.2. The lowest BCUT2D eigenvalue weighted by Gasteiger charge is -2.11. The highest BCUT2D eigenvalue weighted by Gasteiger charge is 2.18. The minimum absolute atomic E-state index is 0.271. The minimum Gasteiger partial charge on any atom is -0.329 e. The fourth-order valence-electron chi connectivity index (χ4n) is 3.47. The Balaban J connectivity index is 1.82. The van der Waals surface area contributed by atoms with Crippen LogP contribution >= 0.6 is 0 Å². The molecule has 0 fully saturated rings.